The number of carbonyl (C=O) groups is 1. The molecule has 0 bridgehead atoms. The lowest BCUT2D eigenvalue weighted by molar-refractivity contribution is -0.114. The number of ether oxygens (including phenoxy) is 3. The number of amides is 1. The molecule has 0 fully saturated rings. The van der Waals surface area contributed by atoms with Crippen molar-refractivity contribution >= 4 is 12.4 Å². The first-order chi connectivity index (χ1) is 14.0. The fraction of sp³-hybridized carbons (Fsp3) is 0.381. The predicted octanol–water partition coefficient (Wildman–Crippen LogP) is 2.39. The van der Waals surface area contributed by atoms with Gasteiger partial charge < -0.3 is 19.9 Å². The van der Waals surface area contributed by atoms with E-state index in [-0.39, 0.29) is 18.1 Å². The van der Waals surface area contributed by atoms with Crippen molar-refractivity contribution in [1.82, 2.24) is 9.88 Å². The zero-order valence-corrected chi connectivity index (χ0v) is 16.9. The SMILES string of the molecule is COCC[C@H]1C[C@@H](N=C(N)N(C)C=O)c2cc(-c3cncc(OC)c3)ccc2O1. The first-order valence-corrected chi connectivity index (χ1v) is 9.36. The average Bonchev–Trinajstić information content (AvgIpc) is 2.76. The number of fused-ring (bicyclic) bond motifs is 1. The average molecular weight is 398 g/mol. The van der Waals surface area contributed by atoms with Gasteiger partial charge in [0.05, 0.1) is 19.3 Å². The molecule has 3 rings (SSSR count). The third kappa shape index (κ3) is 4.83. The monoisotopic (exact) mass is 398 g/mol. The standard InChI is InChI=1S/C21H26N4O4/c1-25(13-26)21(22)24-19-10-16(6-7-27-2)29-20-5-4-14(9-18(19)20)15-8-17(28-3)12-23-11-15/h4-5,8-9,11-13,16,19H,6-7,10H2,1-3H3,(H2,22,24)/t16-,19+/m0/s1. The highest BCUT2D eigenvalue weighted by Gasteiger charge is 2.29. The van der Waals surface area contributed by atoms with Crippen LogP contribution >= 0.6 is 0 Å². The highest BCUT2D eigenvalue weighted by Crippen LogP contribution is 2.40. The smallest absolute Gasteiger partial charge is 0.216 e. The highest BCUT2D eigenvalue weighted by atomic mass is 16.5. The lowest BCUT2D eigenvalue weighted by atomic mass is 9.93. The van der Waals surface area contributed by atoms with E-state index in [1.807, 2.05) is 24.3 Å². The van der Waals surface area contributed by atoms with Crippen LogP contribution in [0.25, 0.3) is 11.1 Å². The van der Waals surface area contributed by atoms with Gasteiger partial charge in [-0.2, -0.15) is 0 Å². The second-order valence-corrected chi connectivity index (χ2v) is 6.84. The molecule has 29 heavy (non-hydrogen) atoms. The molecule has 2 aromatic rings. The Morgan fingerprint density at radius 2 is 2.17 bits per heavy atom. The topological polar surface area (TPSA) is 99.3 Å². The van der Waals surface area contributed by atoms with E-state index in [2.05, 4.69) is 9.98 Å². The highest BCUT2D eigenvalue weighted by molar-refractivity contribution is 5.87. The van der Waals surface area contributed by atoms with E-state index >= 15 is 0 Å². The first-order valence-electron chi connectivity index (χ1n) is 9.36. The lowest BCUT2D eigenvalue weighted by Gasteiger charge is -2.31. The van der Waals surface area contributed by atoms with Gasteiger partial charge in [0.25, 0.3) is 0 Å². The molecule has 1 aromatic carbocycles. The molecule has 0 radical (unpaired) electrons. The summed E-state index contributed by atoms with van der Waals surface area (Å²) >= 11 is 0. The van der Waals surface area contributed by atoms with E-state index in [4.69, 9.17) is 19.9 Å². The molecule has 154 valence electrons. The lowest BCUT2D eigenvalue weighted by Crippen LogP contribution is -2.34. The van der Waals surface area contributed by atoms with Gasteiger partial charge in [-0.05, 0) is 23.8 Å². The number of nitrogens with two attached hydrogens (primary N) is 1. The van der Waals surface area contributed by atoms with E-state index < -0.39 is 0 Å². The van der Waals surface area contributed by atoms with Crippen LogP contribution in [0.2, 0.25) is 0 Å². The number of pyridine rings is 1. The molecule has 0 spiro atoms. The van der Waals surface area contributed by atoms with Crippen LogP contribution in [0.3, 0.4) is 0 Å². The Hall–Kier alpha value is -3.13. The summed E-state index contributed by atoms with van der Waals surface area (Å²) in [5.41, 5.74) is 8.81. The van der Waals surface area contributed by atoms with E-state index in [1.165, 1.54) is 4.90 Å². The van der Waals surface area contributed by atoms with E-state index in [9.17, 15) is 4.79 Å². The number of benzene rings is 1. The number of carbonyl (C=O) groups excluding carboxylic acids is 1. The summed E-state index contributed by atoms with van der Waals surface area (Å²) < 4.78 is 16.6. The number of hydrogen-bond acceptors (Lipinski definition) is 6. The van der Waals surface area contributed by atoms with Crippen molar-refractivity contribution in [3.8, 4) is 22.6 Å². The molecule has 2 heterocycles. The second kappa shape index (κ2) is 9.38. The van der Waals surface area contributed by atoms with Crippen molar-refractivity contribution < 1.29 is 19.0 Å². The van der Waals surface area contributed by atoms with Gasteiger partial charge in [0, 0.05) is 50.9 Å². The Balaban J connectivity index is 1.99. The fourth-order valence-electron chi connectivity index (χ4n) is 3.24. The van der Waals surface area contributed by atoms with Crippen molar-refractivity contribution in [3.63, 3.8) is 0 Å². The maximum Gasteiger partial charge on any atom is 0.216 e. The van der Waals surface area contributed by atoms with Crippen LogP contribution in [0.15, 0.2) is 41.7 Å². The summed E-state index contributed by atoms with van der Waals surface area (Å²) in [4.78, 5) is 21.1. The molecule has 0 aliphatic carbocycles. The van der Waals surface area contributed by atoms with E-state index in [1.54, 1.807) is 33.7 Å². The quantitative estimate of drug-likeness (QED) is 0.437. The molecule has 0 unspecified atom stereocenters. The number of guanidine groups is 1. The summed E-state index contributed by atoms with van der Waals surface area (Å²) in [6.45, 7) is 0.591. The van der Waals surface area contributed by atoms with Crippen LogP contribution in [0.5, 0.6) is 11.5 Å². The largest absolute Gasteiger partial charge is 0.495 e. The Kier molecular flexibility index (Phi) is 6.66. The van der Waals surface area contributed by atoms with E-state index in [0.717, 1.165) is 28.9 Å². The summed E-state index contributed by atoms with van der Waals surface area (Å²) in [7, 11) is 4.85. The molecule has 1 aliphatic heterocycles. The molecule has 2 atom stereocenters. The first kappa shape index (κ1) is 20.6. The zero-order chi connectivity index (χ0) is 20.8. The fourth-order valence-corrected chi connectivity index (χ4v) is 3.24. The predicted molar refractivity (Wildman–Crippen MR) is 110 cm³/mol. The molecule has 1 amide bonds. The van der Waals surface area contributed by atoms with Crippen LogP contribution in [0.4, 0.5) is 0 Å². The minimum absolute atomic E-state index is 0.0464. The molecule has 0 saturated heterocycles. The molecule has 2 N–H and O–H groups in total. The number of rotatable bonds is 7. The normalized spacial score (nSPS) is 18.5. The Morgan fingerprint density at radius 1 is 1.34 bits per heavy atom. The van der Waals surface area contributed by atoms with Gasteiger partial charge in [-0.3, -0.25) is 14.7 Å². The summed E-state index contributed by atoms with van der Waals surface area (Å²) in [6.07, 6.45) is 5.42. The number of aromatic nitrogens is 1. The van der Waals surface area contributed by atoms with Crippen molar-refractivity contribution in [2.75, 3.05) is 27.9 Å². The molecule has 1 aromatic heterocycles. The van der Waals surface area contributed by atoms with Crippen LogP contribution in [0, 0.1) is 0 Å². The summed E-state index contributed by atoms with van der Waals surface area (Å²) in [5.74, 6) is 1.60. The molecular weight excluding hydrogens is 372 g/mol. The third-order valence-corrected chi connectivity index (χ3v) is 4.88. The van der Waals surface area contributed by atoms with Crippen LogP contribution < -0.4 is 15.2 Å². The number of aliphatic imine (C=N–C) groups is 1. The number of hydrogen-bond donors (Lipinski definition) is 1. The minimum atomic E-state index is -0.235. The summed E-state index contributed by atoms with van der Waals surface area (Å²) in [6, 6.07) is 7.63. The maximum atomic E-state index is 11.0. The van der Waals surface area contributed by atoms with Gasteiger partial charge in [-0.1, -0.05) is 6.07 Å². The van der Waals surface area contributed by atoms with Crippen molar-refractivity contribution in [2.45, 2.75) is 25.0 Å². The number of nitrogens with zero attached hydrogens (tertiary/aromatic N) is 3. The van der Waals surface area contributed by atoms with Gasteiger partial charge in [0.15, 0.2) is 5.96 Å². The van der Waals surface area contributed by atoms with Gasteiger partial charge in [0.2, 0.25) is 6.41 Å². The van der Waals surface area contributed by atoms with Gasteiger partial charge in [-0.25, -0.2) is 4.99 Å². The third-order valence-electron chi connectivity index (χ3n) is 4.88. The molecular formula is C21H26N4O4. The van der Waals surface area contributed by atoms with Gasteiger partial charge in [-0.15, -0.1) is 0 Å². The number of methoxy groups -OCH3 is 2. The van der Waals surface area contributed by atoms with Crippen molar-refractivity contribution in [1.29, 1.82) is 0 Å². The second-order valence-electron chi connectivity index (χ2n) is 6.84. The Morgan fingerprint density at radius 3 is 2.90 bits per heavy atom. The van der Waals surface area contributed by atoms with Crippen molar-refractivity contribution in [2.24, 2.45) is 10.7 Å². The zero-order valence-electron chi connectivity index (χ0n) is 16.9. The van der Waals surface area contributed by atoms with Crippen LogP contribution in [0.1, 0.15) is 24.4 Å². The van der Waals surface area contributed by atoms with E-state index in [0.29, 0.717) is 25.2 Å². The molecule has 8 nitrogen and oxygen atoms in total. The van der Waals surface area contributed by atoms with Crippen molar-refractivity contribution in [3.05, 3.63) is 42.2 Å². The summed E-state index contributed by atoms with van der Waals surface area (Å²) in [5, 5.41) is 0. The minimum Gasteiger partial charge on any atom is -0.495 e. The van der Waals surface area contributed by atoms with Crippen LogP contribution in [-0.4, -0.2) is 56.2 Å². The van der Waals surface area contributed by atoms with Crippen LogP contribution in [-0.2, 0) is 9.53 Å². The Bertz CT molecular complexity index is 887. The molecule has 8 heteroatoms. The maximum absolute atomic E-state index is 11.0. The Labute approximate surface area is 170 Å². The molecule has 0 saturated carbocycles. The van der Waals surface area contributed by atoms with Gasteiger partial charge >= 0.3 is 0 Å². The van der Waals surface area contributed by atoms with Gasteiger partial charge in [0.1, 0.15) is 17.6 Å². The molecule has 1 aliphatic rings.